The highest BCUT2D eigenvalue weighted by molar-refractivity contribution is 7.89. The average Bonchev–Trinajstić information content (AvgIpc) is 2.73. The molecule has 0 saturated carbocycles. The summed E-state index contributed by atoms with van der Waals surface area (Å²) in [6, 6.07) is 14.3. The van der Waals surface area contributed by atoms with E-state index in [-0.39, 0.29) is 22.8 Å². The van der Waals surface area contributed by atoms with Gasteiger partial charge >= 0.3 is 0 Å². The Morgan fingerprint density at radius 3 is 2.24 bits per heavy atom. The van der Waals surface area contributed by atoms with Crippen molar-refractivity contribution < 1.29 is 13.2 Å². The molecule has 0 radical (unpaired) electrons. The number of benzene rings is 2. The summed E-state index contributed by atoms with van der Waals surface area (Å²) in [6.07, 6.45) is 1.84. The molecule has 1 atom stereocenters. The molecule has 0 aromatic heterocycles. The van der Waals surface area contributed by atoms with Crippen LogP contribution in [0.25, 0.3) is 0 Å². The van der Waals surface area contributed by atoms with Crippen molar-refractivity contribution in [2.45, 2.75) is 44.0 Å². The standard InChI is InChI=1S/C22H27ClN2O3S/c1-3-21(17-6-4-16(2)5-7-17)24-22(26)18-12-14-25(15-13-18)29(27,28)20-10-8-19(23)9-11-20/h4-11,18,21H,3,12-15H2,1-2H3,(H,24,26)/t21-/m0/s1. The summed E-state index contributed by atoms with van der Waals surface area (Å²) in [6.45, 7) is 4.76. The lowest BCUT2D eigenvalue weighted by molar-refractivity contribution is -0.126. The summed E-state index contributed by atoms with van der Waals surface area (Å²) < 4.78 is 27.0. The number of hydrogen-bond acceptors (Lipinski definition) is 3. The van der Waals surface area contributed by atoms with E-state index in [1.54, 1.807) is 12.1 Å². The van der Waals surface area contributed by atoms with Gasteiger partial charge in [-0.1, -0.05) is 48.4 Å². The molecule has 2 aromatic carbocycles. The molecule has 156 valence electrons. The summed E-state index contributed by atoms with van der Waals surface area (Å²) in [5.41, 5.74) is 2.28. The Morgan fingerprint density at radius 2 is 1.69 bits per heavy atom. The van der Waals surface area contributed by atoms with Crippen molar-refractivity contribution in [1.82, 2.24) is 9.62 Å². The number of sulfonamides is 1. The predicted molar refractivity (Wildman–Crippen MR) is 115 cm³/mol. The van der Waals surface area contributed by atoms with Crippen molar-refractivity contribution in [2.75, 3.05) is 13.1 Å². The van der Waals surface area contributed by atoms with Gasteiger partial charge in [-0.15, -0.1) is 0 Å². The van der Waals surface area contributed by atoms with Crippen molar-refractivity contribution >= 4 is 27.5 Å². The number of carbonyl (C=O) groups excluding carboxylic acids is 1. The predicted octanol–water partition coefficient (Wildman–Crippen LogP) is 4.32. The summed E-state index contributed by atoms with van der Waals surface area (Å²) in [5, 5.41) is 3.64. The van der Waals surface area contributed by atoms with Gasteiger partial charge in [0, 0.05) is 24.0 Å². The van der Waals surface area contributed by atoms with Gasteiger partial charge in [0.25, 0.3) is 0 Å². The molecule has 3 rings (SSSR count). The van der Waals surface area contributed by atoms with Gasteiger partial charge in [-0.05, 0) is 56.0 Å². The van der Waals surface area contributed by atoms with Crippen LogP contribution < -0.4 is 5.32 Å². The number of nitrogens with one attached hydrogen (secondary N) is 1. The number of carbonyl (C=O) groups is 1. The molecule has 0 aliphatic carbocycles. The summed E-state index contributed by atoms with van der Waals surface area (Å²) in [5.74, 6) is -0.174. The van der Waals surface area contributed by atoms with Crippen LogP contribution in [-0.4, -0.2) is 31.7 Å². The van der Waals surface area contributed by atoms with Gasteiger partial charge in [0.1, 0.15) is 0 Å². The molecule has 5 nitrogen and oxygen atoms in total. The maximum atomic E-state index is 12.8. The molecule has 0 unspecified atom stereocenters. The fraction of sp³-hybridized carbons (Fsp3) is 0.409. The van der Waals surface area contributed by atoms with Gasteiger partial charge in [-0.3, -0.25) is 4.79 Å². The van der Waals surface area contributed by atoms with E-state index in [0.29, 0.717) is 31.0 Å². The zero-order chi connectivity index (χ0) is 21.0. The third-order valence-corrected chi connectivity index (χ3v) is 7.65. The Labute approximate surface area is 178 Å². The van der Waals surface area contributed by atoms with Crippen molar-refractivity contribution in [3.05, 3.63) is 64.7 Å². The van der Waals surface area contributed by atoms with E-state index in [2.05, 4.69) is 5.32 Å². The highest BCUT2D eigenvalue weighted by Crippen LogP contribution is 2.26. The number of halogens is 1. The van der Waals surface area contributed by atoms with Crippen molar-refractivity contribution in [3.63, 3.8) is 0 Å². The molecule has 1 N–H and O–H groups in total. The number of rotatable bonds is 6. The topological polar surface area (TPSA) is 66.5 Å². The quantitative estimate of drug-likeness (QED) is 0.736. The van der Waals surface area contributed by atoms with E-state index in [0.717, 1.165) is 12.0 Å². The van der Waals surface area contributed by atoms with Crippen LogP contribution in [0.5, 0.6) is 0 Å². The van der Waals surface area contributed by atoms with E-state index in [1.807, 2.05) is 38.1 Å². The molecule has 0 bridgehead atoms. The minimum Gasteiger partial charge on any atom is -0.349 e. The molecule has 7 heteroatoms. The molecular formula is C22H27ClN2O3S. The van der Waals surface area contributed by atoms with Crippen molar-refractivity contribution in [2.24, 2.45) is 5.92 Å². The van der Waals surface area contributed by atoms with Gasteiger partial charge in [-0.25, -0.2) is 8.42 Å². The van der Waals surface area contributed by atoms with Crippen LogP contribution in [-0.2, 0) is 14.8 Å². The maximum absolute atomic E-state index is 12.8. The van der Waals surface area contributed by atoms with Crippen molar-refractivity contribution in [1.29, 1.82) is 0 Å². The van der Waals surface area contributed by atoms with Crippen LogP contribution in [0.3, 0.4) is 0 Å². The SMILES string of the molecule is CC[C@H](NC(=O)C1CCN(S(=O)(=O)c2ccc(Cl)cc2)CC1)c1ccc(C)cc1. The number of piperidine rings is 1. The van der Waals surface area contributed by atoms with Crippen LogP contribution in [0.4, 0.5) is 0 Å². The van der Waals surface area contributed by atoms with Gasteiger partial charge in [0.2, 0.25) is 15.9 Å². The summed E-state index contributed by atoms with van der Waals surface area (Å²) in [7, 11) is -3.56. The second-order valence-electron chi connectivity index (χ2n) is 7.51. The second-order valence-corrected chi connectivity index (χ2v) is 9.89. The van der Waals surface area contributed by atoms with Crippen LogP contribution in [0, 0.1) is 12.8 Å². The molecule has 1 saturated heterocycles. The molecule has 0 spiro atoms. The summed E-state index contributed by atoms with van der Waals surface area (Å²) >= 11 is 5.85. The molecule has 1 aliphatic rings. The van der Waals surface area contributed by atoms with E-state index >= 15 is 0 Å². The van der Waals surface area contributed by atoms with Crippen LogP contribution in [0.15, 0.2) is 53.4 Å². The molecule has 2 aromatic rings. The van der Waals surface area contributed by atoms with Crippen LogP contribution >= 0.6 is 11.6 Å². The lowest BCUT2D eigenvalue weighted by Crippen LogP contribution is -2.43. The first-order valence-corrected chi connectivity index (χ1v) is 11.8. The van der Waals surface area contributed by atoms with E-state index in [9.17, 15) is 13.2 Å². The highest BCUT2D eigenvalue weighted by atomic mass is 35.5. The van der Waals surface area contributed by atoms with E-state index in [1.165, 1.54) is 22.0 Å². The minimum absolute atomic E-state index is 0.000894. The molecule has 1 fully saturated rings. The smallest absolute Gasteiger partial charge is 0.243 e. The third kappa shape index (κ3) is 5.18. The molecular weight excluding hydrogens is 408 g/mol. The van der Waals surface area contributed by atoms with Gasteiger partial charge in [-0.2, -0.15) is 4.31 Å². The zero-order valence-electron chi connectivity index (χ0n) is 16.8. The first kappa shape index (κ1) is 21.8. The second kappa shape index (κ2) is 9.28. The van der Waals surface area contributed by atoms with Crippen molar-refractivity contribution in [3.8, 4) is 0 Å². The van der Waals surface area contributed by atoms with Crippen LogP contribution in [0.2, 0.25) is 5.02 Å². The van der Waals surface area contributed by atoms with E-state index in [4.69, 9.17) is 11.6 Å². The lowest BCUT2D eigenvalue weighted by atomic mass is 9.95. The highest BCUT2D eigenvalue weighted by Gasteiger charge is 2.32. The average molecular weight is 435 g/mol. The zero-order valence-corrected chi connectivity index (χ0v) is 18.3. The fourth-order valence-corrected chi connectivity index (χ4v) is 5.22. The first-order valence-electron chi connectivity index (χ1n) is 9.94. The molecule has 1 heterocycles. The Hall–Kier alpha value is -1.89. The number of hydrogen-bond donors (Lipinski definition) is 1. The summed E-state index contributed by atoms with van der Waals surface area (Å²) in [4.78, 5) is 13.0. The largest absolute Gasteiger partial charge is 0.349 e. The Kier molecular flexibility index (Phi) is 6.98. The Bertz CT molecular complexity index is 935. The van der Waals surface area contributed by atoms with Gasteiger partial charge in [0.15, 0.2) is 0 Å². The van der Waals surface area contributed by atoms with E-state index < -0.39 is 10.0 Å². The maximum Gasteiger partial charge on any atom is 0.243 e. The number of aryl methyl sites for hydroxylation is 1. The Morgan fingerprint density at radius 1 is 1.10 bits per heavy atom. The van der Waals surface area contributed by atoms with Gasteiger partial charge < -0.3 is 5.32 Å². The minimum atomic E-state index is -3.56. The number of amides is 1. The normalized spacial score (nSPS) is 17.1. The molecule has 1 aliphatic heterocycles. The first-order chi connectivity index (χ1) is 13.8. The fourth-order valence-electron chi connectivity index (χ4n) is 3.62. The van der Waals surface area contributed by atoms with Crippen LogP contribution in [0.1, 0.15) is 43.4 Å². The molecule has 1 amide bonds. The Balaban J connectivity index is 1.60. The number of nitrogens with zero attached hydrogens (tertiary/aromatic N) is 1. The monoisotopic (exact) mass is 434 g/mol. The molecule has 29 heavy (non-hydrogen) atoms. The third-order valence-electron chi connectivity index (χ3n) is 5.48. The lowest BCUT2D eigenvalue weighted by Gasteiger charge is -2.31. The van der Waals surface area contributed by atoms with Gasteiger partial charge in [0.05, 0.1) is 10.9 Å².